The standard InChI is InChI=1S/C24H21O4P/c1-16-14-17(2)21(18(3)15-16)24(27)29(28,22(25)19-10-6-4-7-11-19)23(26)20-12-8-5-9-13-20/h4-15H,1-3H3. The van der Waals surface area contributed by atoms with Gasteiger partial charge in [-0.25, -0.2) is 0 Å². The van der Waals surface area contributed by atoms with E-state index < -0.39 is 23.7 Å². The highest BCUT2D eigenvalue weighted by molar-refractivity contribution is 8.07. The molecule has 29 heavy (non-hydrogen) atoms. The smallest absolute Gasteiger partial charge is 0.287 e. The Morgan fingerprint density at radius 3 is 1.38 bits per heavy atom. The van der Waals surface area contributed by atoms with Crippen molar-refractivity contribution in [2.24, 2.45) is 0 Å². The first-order valence-electron chi connectivity index (χ1n) is 9.19. The highest BCUT2D eigenvalue weighted by Gasteiger charge is 2.48. The van der Waals surface area contributed by atoms with Gasteiger partial charge in [-0.1, -0.05) is 78.4 Å². The van der Waals surface area contributed by atoms with Crippen molar-refractivity contribution in [3.63, 3.8) is 0 Å². The van der Waals surface area contributed by atoms with E-state index in [1.165, 1.54) is 24.3 Å². The van der Waals surface area contributed by atoms with Gasteiger partial charge in [0, 0.05) is 16.7 Å². The van der Waals surface area contributed by atoms with E-state index in [4.69, 9.17) is 0 Å². The summed E-state index contributed by atoms with van der Waals surface area (Å²) in [5.74, 6) is 0. The first-order chi connectivity index (χ1) is 13.8. The monoisotopic (exact) mass is 404 g/mol. The SMILES string of the molecule is Cc1cc(C)c(C(=O)P(=O)(C(=O)c2ccccc2)C(=O)c2ccccc2)c(C)c1. The minimum absolute atomic E-state index is 0.0795. The molecule has 4 nitrogen and oxygen atoms in total. The molecule has 0 aliphatic heterocycles. The highest BCUT2D eigenvalue weighted by atomic mass is 31.2. The molecule has 0 radical (unpaired) electrons. The van der Waals surface area contributed by atoms with Crippen molar-refractivity contribution in [2.45, 2.75) is 20.8 Å². The molecular weight excluding hydrogens is 383 g/mol. The quantitative estimate of drug-likeness (QED) is 0.487. The molecule has 0 amide bonds. The third-order valence-electron chi connectivity index (χ3n) is 4.79. The van der Waals surface area contributed by atoms with E-state index in [-0.39, 0.29) is 16.7 Å². The topological polar surface area (TPSA) is 68.3 Å². The van der Waals surface area contributed by atoms with Crippen LogP contribution in [0.5, 0.6) is 0 Å². The predicted octanol–water partition coefficient (Wildman–Crippen LogP) is 5.80. The zero-order valence-corrected chi connectivity index (χ0v) is 17.4. The zero-order valence-electron chi connectivity index (χ0n) is 16.5. The minimum atomic E-state index is -4.64. The second kappa shape index (κ2) is 8.10. The lowest BCUT2D eigenvalue weighted by Crippen LogP contribution is -2.19. The van der Waals surface area contributed by atoms with Gasteiger partial charge in [-0.3, -0.25) is 18.9 Å². The van der Waals surface area contributed by atoms with E-state index in [2.05, 4.69) is 0 Å². The van der Waals surface area contributed by atoms with Crippen LogP contribution >= 0.6 is 7.14 Å². The zero-order chi connectivity index (χ0) is 21.2. The molecule has 0 bridgehead atoms. The van der Waals surface area contributed by atoms with Crippen LogP contribution < -0.4 is 0 Å². The summed E-state index contributed by atoms with van der Waals surface area (Å²) in [6.45, 7) is 5.33. The van der Waals surface area contributed by atoms with Gasteiger partial charge in [0.25, 0.3) is 7.14 Å². The number of benzene rings is 3. The van der Waals surface area contributed by atoms with Gasteiger partial charge in [0.1, 0.15) is 0 Å². The second-order valence-corrected chi connectivity index (χ2v) is 9.47. The molecule has 0 aliphatic carbocycles. The normalized spacial score (nSPS) is 11.1. The van der Waals surface area contributed by atoms with Crippen LogP contribution in [0.4, 0.5) is 0 Å². The summed E-state index contributed by atoms with van der Waals surface area (Å²) in [7, 11) is -4.64. The fourth-order valence-corrected chi connectivity index (χ4v) is 5.72. The lowest BCUT2D eigenvalue weighted by Gasteiger charge is -2.18. The summed E-state index contributed by atoms with van der Waals surface area (Å²) in [5, 5.41) is 0. The molecule has 0 fully saturated rings. The van der Waals surface area contributed by atoms with Crippen LogP contribution in [0, 0.1) is 20.8 Å². The van der Waals surface area contributed by atoms with E-state index in [0.29, 0.717) is 11.1 Å². The molecule has 0 aliphatic rings. The maximum Gasteiger partial charge on any atom is 0.287 e. The van der Waals surface area contributed by atoms with Crippen molar-refractivity contribution in [3.05, 3.63) is 106 Å². The van der Waals surface area contributed by atoms with Gasteiger partial charge in [0.05, 0.1) is 0 Å². The van der Waals surface area contributed by atoms with Crippen molar-refractivity contribution in [3.8, 4) is 0 Å². The van der Waals surface area contributed by atoms with Crippen LogP contribution in [-0.4, -0.2) is 16.6 Å². The highest BCUT2D eigenvalue weighted by Crippen LogP contribution is 2.55. The fourth-order valence-electron chi connectivity index (χ4n) is 3.48. The molecule has 0 unspecified atom stereocenters. The van der Waals surface area contributed by atoms with Gasteiger partial charge in [-0.05, 0) is 31.9 Å². The van der Waals surface area contributed by atoms with Gasteiger partial charge < -0.3 is 0 Å². The van der Waals surface area contributed by atoms with Crippen LogP contribution in [-0.2, 0) is 4.57 Å². The molecule has 0 saturated carbocycles. The third-order valence-corrected chi connectivity index (χ3v) is 7.25. The van der Waals surface area contributed by atoms with Gasteiger partial charge in [-0.15, -0.1) is 0 Å². The largest absolute Gasteiger partial charge is 0.298 e. The van der Waals surface area contributed by atoms with Crippen molar-refractivity contribution in [2.75, 3.05) is 0 Å². The van der Waals surface area contributed by atoms with Crippen molar-refractivity contribution >= 4 is 23.7 Å². The lowest BCUT2D eigenvalue weighted by molar-refractivity contribution is 0.100. The third kappa shape index (κ3) is 3.76. The Hall–Kier alpha value is -3.10. The minimum Gasteiger partial charge on any atom is -0.298 e. The molecule has 0 aromatic heterocycles. The predicted molar refractivity (Wildman–Crippen MR) is 114 cm³/mol. The summed E-state index contributed by atoms with van der Waals surface area (Å²) in [4.78, 5) is 40.1. The van der Waals surface area contributed by atoms with Gasteiger partial charge >= 0.3 is 0 Å². The molecule has 0 atom stereocenters. The Bertz CT molecular complexity index is 1070. The molecule has 3 aromatic carbocycles. The second-order valence-electron chi connectivity index (χ2n) is 7.03. The molecule has 0 spiro atoms. The van der Waals surface area contributed by atoms with Gasteiger partial charge in [-0.2, -0.15) is 0 Å². The van der Waals surface area contributed by atoms with E-state index >= 15 is 0 Å². The lowest BCUT2D eigenvalue weighted by atomic mass is 10.0. The molecule has 5 heteroatoms. The summed E-state index contributed by atoms with van der Waals surface area (Å²) < 4.78 is 14.1. The van der Waals surface area contributed by atoms with Crippen molar-refractivity contribution < 1.29 is 18.9 Å². The number of hydrogen-bond acceptors (Lipinski definition) is 4. The van der Waals surface area contributed by atoms with Crippen molar-refractivity contribution in [1.82, 2.24) is 0 Å². The Labute approximate surface area is 170 Å². The summed E-state index contributed by atoms with van der Waals surface area (Å²) in [5.41, 5.74) is -0.318. The number of carbonyl (C=O) groups is 3. The van der Waals surface area contributed by atoms with E-state index in [0.717, 1.165) is 5.56 Å². The van der Waals surface area contributed by atoms with Crippen LogP contribution in [0.15, 0.2) is 72.8 Å². The first-order valence-corrected chi connectivity index (χ1v) is 10.9. The Balaban J connectivity index is 2.24. The number of carbonyl (C=O) groups excluding carboxylic acids is 3. The average molecular weight is 404 g/mol. The Kier molecular flexibility index (Phi) is 5.76. The van der Waals surface area contributed by atoms with Crippen LogP contribution in [0.25, 0.3) is 0 Å². The van der Waals surface area contributed by atoms with Gasteiger partial charge in [0.2, 0.25) is 16.6 Å². The molecule has 3 aromatic rings. The van der Waals surface area contributed by atoms with Crippen LogP contribution in [0.3, 0.4) is 0 Å². The number of hydrogen-bond donors (Lipinski definition) is 0. The molecule has 3 rings (SSSR count). The van der Waals surface area contributed by atoms with Crippen LogP contribution in [0.2, 0.25) is 0 Å². The van der Waals surface area contributed by atoms with E-state index in [1.54, 1.807) is 62.4 Å². The van der Waals surface area contributed by atoms with E-state index in [1.807, 2.05) is 6.92 Å². The van der Waals surface area contributed by atoms with E-state index in [9.17, 15) is 18.9 Å². The van der Waals surface area contributed by atoms with Gasteiger partial charge in [0.15, 0.2) is 0 Å². The summed E-state index contributed by atoms with van der Waals surface area (Å²) in [6, 6.07) is 19.3. The Morgan fingerprint density at radius 1 is 0.621 bits per heavy atom. The van der Waals surface area contributed by atoms with Crippen molar-refractivity contribution in [1.29, 1.82) is 0 Å². The molecule has 146 valence electrons. The molecule has 0 N–H and O–H groups in total. The van der Waals surface area contributed by atoms with Crippen LogP contribution in [0.1, 0.15) is 47.8 Å². The molecule has 0 saturated heterocycles. The number of rotatable bonds is 6. The summed E-state index contributed by atoms with van der Waals surface area (Å²) >= 11 is 0. The fraction of sp³-hybridized carbons (Fsp3) is 0.125. The number of aryl methyl sites for hydroxylation is 3. The maximum atomic E-state index is 14.1. The summed E-state index contributed by atoms with van der Waals surface area (Å²) in [6.07, 6.45) is 0. The average Bonchev–Trinajstić information content (AvgIpc) is 2.72. The Morgan fingerprint density at radius 2 is 1.00 bits per heavy atom. The molecular formula is C24H21O4P. The molecule has 0 heterocycles. The maximum absolute atomic E-state index is 14.1. The first kappa shape index (κ1) is 20.6.